The quantitative estimate of drug-likeness (QED) is 0.882. The molecule has 0 amide bonds. The van der Waals surface area contributed by atoms with Crippen molar-refractivity contribution >= 4 is 0 Å². The van der Waals surface area contributed by atoms with Crippen LogP contribution in [-0.4, -0.2) is 32.4 Å². The van der Waals surface area contributed by atoms with Crippen LogP contribution in [0.1, 0.15) is 24.0 Å². The monoisotopic (exact) mass is 247 g/mol. The van der Waals surface area contributed by atoms with Crippen LogP contribution < -0.4 is 10.1 Å². The van der Waals surface area contributed by atoms with Crippen LogP contribution in [0.4, 0.5) is 0 Å². The summed E-state index contributed by atoms with van der Waals surface area (Å²) in [6, 6.07) is 7.26. The van der Waals surface area contributed by atoms with E-state index in [4.69, 9.17) is 9.47 Å². The van der Waals surface area contributed by atoms with Crippen molar-refractivity contribution < 1.29 is 9.47 Å². The van der Waals surface area contributed by atoms with Gasteiger partial charge in [-0.3, -0.25) is 0 Å². The third-order valence-electron chi connectivity index (χ3n) is 3.82. The second kappa shape index (κ2) is 5.72. The van der Waals surface area contributed by atoms with Crippen molar-refractivity contribution in [3.8, 4) is 5.75 Å². The van der Waals surface area contributed by atoms with E-state index in [-0.39, 0.29) is 0 Å². The molecule has 0 unspecified atom stereocenters. The number of benzene rings is 1. The van der Waals surface area contributed by atoms with Gasteiger partial charge in [0.05, 0.1) is 6.61 Å². The molecule has 0 aliphatic carbocycles. The smallest absolute Gasteiger partial charge is 0.122 e. The van der Waals surface area contributed by atoms with Crippen LogP contribution in [0, 0.1) is 0 Å². The van der Waals surface area contributed by atoms with Crippen molar-refractivity contribution in [2.45, 2.75) is 31.7 Å². The zero-order valence-corrected chi connectivity index (χ0v) is 10.8. The molecule has 3 heteroatoms. The summed E-state index contributed by atoms with van der Waals surface area (Å²) >= 11 is 0. The normalized spacial score (nSPS) is 19.6. The predicted octanol–water partition coefficient (Wildman–Crippen LogP) is 1.93. The SMILES string of the molecule is c1cc2c(cc1CCNC1CCOCC1)CCO2. The molecule has 18 heavy (non-hydrogen) atoms. The van der Waals surface area contributed by atoms with Crippen LogP contribution in [0.5, 0.6) is 5.75 Å². The van der Waals surface area contributed by atoms with Crippen molar-refractivity contribution in [3.05, 3.63) is 29.3 Å². The van der Waals surface area contributed by atoms with Gasteiger partial charge in [0.25, 0.3) is 0 Å². The first-order chi connectivity index (χ1) is 8.92. The van der Waals surface area contributed by atoms with Crippen LogP contribution in [0.15, 0.2) is 18.2 Å². The zero-order valence-electron chi connectivity index (χ0n) is 10.8. The molecule has 98 valence electrons. The Morgan fingerprint density at radius 1 is 1.17 bits per heavy atom. The fourth-order valence-electron chi connectivity index (χ4n) is 2.72. The molecule has 0 aromatic heterocycles. The van der Waals surface area contributed by atoms with E-state index in [0.29, 0.717) is 6.04 Å². The first kappa shape index (κ1) is 12.0. The van der Waals surface area contributed by atoms with Crippen molar-refractivity contribution in [2.24, 2.45) is 0 Å². The van der Waals surface area contributed by atoms with E-state index >= 15 is 0 Å². The van der Waals surface area contributed by atoms with Crippen molar-refractivity contribution in [3.63, 3.8) is 0 Å². The summed E-state index contributed by atoms with van der Waals surface area (Å²) in [6.07, 6.45) is 4.47. The Hall–Kier alpha value is -1.06. The molecule has 3 rings (SSSR count). The molecule has 1 aromatic rings. The first-order valence-corrected chi connectivity index (χ1v) is 6.97. The van der Waals surface area contributed by atoms with Crippen LogP contribution in [0.2, 0.25) is 0 Å². The Kier molecular flexibility index (Phi) is 3.81. The standard InChI is InChI=1S/C15H21NO2/c1-2-15-13(4-10-18-15)11-12(1)3-7-16-14-5-8-17-9-6-14/h1-2,11,14,16H,3-10H2. The lowest BCUT2D eigenvalue weighted by atomic mass is 10.1. The average molecular weight is 247 g/mol. The molecule has 0 spiro atoms. The molecular formula is C15H21NO2. The van der Waals surface area contributed by atoms with Gasteiger partial charge in [-0.05, 0) is 43.0 Å². The number of fused-ring (bicyclic) bond motifs is 1. The van der Waals surface area contributed by atoms with Gasteiger partial charge in [-0.15, -0.1) is 0 Å². The fourth-order valence-corrected chi connectivity index (χ4v) is 2.72. The minimum absolute atomic E-state index is 0.650. The predicted molar refractivity (Wildman–Crippen MR) is 71.2 cm³/mol. The minimum atomic E-state index is 0.650. The maximum Gasteiger partial charge on any atom is 0.122 e. The van der Waals surface area contributed by atoms with Crippen molar-refractivity contribution in [1.29, 1.82) is 0 Å². The number of ether oxygens (including phenoxy) is 2. The fraction of sp³-hybridized carbons (Fsp3) is 0.600. The van der Waals surface area contributed by atoms with Gasteiger partial charge in [0.15, 0.2) is 0 Å². The van der Waals surface area contributed by atoms with E-state index in [0.717, 1.165) is 57.8 Å². The van der Waals surface area contributed by atoms with Gasteiger partial charge >= 0.3 is 0 Å². The summed E-state index contributed by atoms with van der Waals surface area (Å²) in [7, 11) is 0. The maximum atomic E-state index is 5.52. The highest BCUT2D eigenvalue weighted by Gasteiger charge is 2.14. The summed E-state index contributed by atoms with van der Waals surface area (Å²) in [5, 5.41) is 3.63. The van der Waals surface area contributed by atoms with E-state index in [1.165, 1.54) is 11.1 Å². The Labute approximate surface area is 108 Å². The molecule has 0 saturated carbocycles. The molecule has 1 N–H and O–H groups in total. The van der Waals surface area contributed by atoms with Crippen molar-refractivity contribution in [1.82, 2.24) is 5.32 Å². The summed E-state index contributed by atoms with van der Waals surface area (Å²) in [4.78, 5) is 0. The highest BCUT2D eigenvalue weighted by atomic mass is 16.5. The Morgan fingerprint density at radius 2 is 2.06 bits per heavy atom. The zero-order chi connectivity index (χ0) is 12.2. The van der Waals surface area contributed by atoms with Gasteiger partial charge < -0.3 is 14.8 Å². The molecule has 2 aliphatic heterocycles. The van der Waals surface area contributed by atoms with Gasteiger partial charge in [0, 0.05) is 25.7 Å². The molecule has 0 radical (unpaired) electrons. The highest BCUT2D eigenvalue weighted by Crippen LogP contribution is 2.25. The summed E-state index contributed by atoms with van der Waals surface area (Å²) < 4.78 is 10.9. The lowest BCUT2D eigenvalue weighted by molar-refractivity contribution is 0.0782. The summed E-state index contributed by atoms with van der Waals surface area (Å²) in [6.45, 7) is 3.73. The van der Waals surface area contributed by atoms with E-state index in [2.05, 4.69) is 23.5 Å². The van der Waals surface area contributed by atoms with Crippen LogP contribution in [0.3, 0.4) is 0 Å². The summed E-state index contributed by atoms with van der Waals surface area (Å²) in [5.74, 6) is 1.08. The molecule has 0 bridgehead atoms. The number of hydrogen-bond donors (Lipinski definition) is 1. The van der Waals surface area contributed by atoms with Crippen LogP contribution >= 0.6 is 0 Å². The lowest BCUT2D eigenvalue weighted by Crippen LogP contribution is -2.35. The topological polar surface area (TPSA) is 30.5 Å². The largest absolute Gasteiger partial charge is 0.493 e. The van der Waals surface area contributed by atoms with E-state index < -0.39 is 0 Å². The van der Waals surface area contributed by atoms with Crippen molar-refractivity contribution in [2.75, 3.05) is 26.4 Å². The number of nitrogens with one attached hydrogen (secondary N) is 1. The minimum Gasteiger partial charge on any atom is -0.493 e. The second-order valence-electron chi connectivity index (χ2n) is 5.13. The number of rotatable bonds is 4. The van der Waals surface area contributed by atoms with Gasteiger partial charge in [-0.25, -0.2) is 0 Å². The van der Waals surface area contributed by atoms with E-state index in [1.54, 1.807) is 0 Å². The lowest BCUT2D eigenvalue weighted by Gasteiger charge is -2.23. The molecule has 0 atom stereocenters. The van der Waals surface area contributed by atoms with E-state index in [9.17, 15) is 0 Å². The first-order valence-electron chi connectivity index (χ1n) is 6.97. The average Bonchev–Trinajstić information content (AvgIpc) is 2.87. The maximum absolute atomic E-state index is 5.52. The Bertz CT molecular complexity index is 399. The molecule has 1 aromatic carbocycles. The molecular weight excluding hydrogens is 226 g/mol. The molecule has 3 nitrogen and oxygen atoms in total. The van der Waals surface area contributed by atoms with Crippen LogP contribution in [0.25, 0.3) is 0 Å². The molecule has 1 fully saturated rings. The summed E-state index contributed by atoms with van der Waals surface area (Å²) in [5.41, 5.74) is 2.79. The molecule has 2 aliphatic rings. The van der Waals surface area contributed by atoms with Gasteiger partial charge in [0.2, 0.25) is 0 Å². The van der Waals surface area contributed by atoms with Gasteiger partial charge in [0.1, 0.15) is 5.75 Å². The Balaban J connectivity index is 1.48. The third kappa shape index (κ3) is 2.85. The Morgan fingerprint density at radius 3 is 2.94 bits per heavy atom. The van der Waals surface area contributed by atoms with Gasteiger partial charge in [-0.1, -0.05) is 12.1 Å². The van der Waals surface area contributed by atoms with Crippen LogP contribution in [-0.2, 0) is 17.6 Å². The molecule has 1 saturated heterocycles. The third-order valence-corrected chi connectivity index (χ3v) is 3.82. The number of hydrogen-bond acceptors (Lipinski definition) is 3. The van der Waals surface area contributed by atoms with Gasteiger partial charge in [-0.2, -0.15) is 0 Å². The molecule has 2 heterocycles. The van der Waals surface area contributed by atoms with E-state index in [1.807, 2.05) is 0 Å². The second-order valence-corrected chi connectivity index (χ2v) is 5.13. The highest BCUT2D eigenvalue weighted by molar-refractivity contribution is 5.39.